The molecule has 1 unspecified atom stereocenters. The van der Waals surface area contributed by atoms with Gasteiger partial charge in [0.2, 0.25) is 0 Å². The van der Waals surface area contributed by atoms with Gasteiger partial charge in [0.05, 0.1) is 18.4 Å². The van der Waals surface area contributed by atoms with E-state index in [-0.39, 0.29) is 10.9 Å². The van der Waals surface area contributed by atoms with Crippen LogP contribution in [0.3, 0.4) is 0 Å². The lowest BCUT2D eigenvalue weighted by Gasteiger charge is -2.37. The molecule has 0 bridgehead atoms. The first-order chi connectivity index (χ1) is 10.4. The number of hydrogen-bond donors (Lipinski definition) is 0. The van der Waals surface area contributed by atoms with Gasteiger partial charge < -0.3 is 4.90 Å². The molecule has 0 N–H and O–H groups in total. The fraction of sp³-hybridized carbons (Fsp3) is 0.400. The van der Waals surface area contributed by atoms with E-state index in [0.29, 0.717) is 6.54 Å². The first-order valence-corrected chi connectivity index (χ1v) is 8.59. The lowest BCUT2D eigenvalue weighted by atomic mass is 9.99. The predicted octanol–water partition coefficient (Wildman–Crippen LogP) is 1.10. The van der Waals surface area contributed by atoms with Crippen LogP contribution in [-0.4, -0.2) is 49.8 Å². The smallest absolute Gasteiger partial charge is 0.267 e. The standard InChI is InChI=1S/C15H20N4O2S/c1-17(2)13-8-12-6-4-5-7-15(12)19(10-13)22(20,21)14-9-16-18(3)11-14/h4-7,9,11,13H,8,10H2,1-3H3. The van der Waals surface area contributed by atoms with Gasteiger partial charge in [-0.25, -0.2) is 8.42 Å². The van der Waals surface area contributed by atoms with Crippen LogP contribution in [0.2, 0.25) is 0 Å². The molecule has 0 aliphatic carbocycles. The van der Waals surface area contributed by atoms with Crippen molar-refractivity contribution in [2.75, 3.05) is 24.9 Å². The number of aryl methyl sites for hydroxylation is 1. The molecule has 2 heterocycles. The number of hydrogen-bond acceptors (Lipinski definition) is 4. The molecule has 1 aliphatic heterocycles. The van der Waals surface area contributed by atoms with Crippen LogP contribution >= 0.6 is 0 Å². The Morgan fingerprint density at radius 1 is 1.27 bits per heavy atom. The molecule has 1 aromatic carbocycles. The first kappa shape index (κ1) is 15.1. The molecule has 0 saturated heterocycles. The zero-order valence-corrected chi connectivity index (χ0v) is 13.8. The molecule has 6 nitrogen and oxygen atoms in total. The third-order valence-electron chi connectivity index (χ3n) is 4.09. The molecule has 1 aliphatic rings. The molecule has 7 heteroatoms. The number of rotatable bonds is 3. The van der Waals surface area contributed by atoms with E-state index in [1.54, 1.807) is 7.05 Å². The van der Waals surface area contributed by atoms with Crippen molar-refractivity contribution in [3.05, 3.63) is 42.2 Å². The van der Waals surface area contributed by atoms with Gasteiger partial charge in [0.1, 0.15) is 4.90 Å². The molecule has 0 fully saturated rings. The molecule has 2 aromatic rings. The van der Waals surface area contributed by atoms with E-state index in [4.69, 9.17) is 0 Å². The predicted molar refractivity (Wildman–Crippen MR) is 85.4 cm³/mol. The second-order valence-electron chi connectivity index (χ2n) is 5.84. The van der Waals surface area contributed by atoms with Gasteiger partial charge in [-0.2, -0.15) is 5.10 Å². The topological polar surface area (TPSA) is 58.4 Å². The Morgan fingerprint density at radius 2 is 2.00 bits per heavy atom. The average molecular weight is 320 g/mol. The van der Waals surface area contributed by atoms with Gasteiger partial charge >= 0.3 is 0 Å². The number of para-hydroxylation sites is 1. The molecule has 0 radical (unpaired) electrons. The van der Waals surface area contributed by atoms with Crippen LogP contribution in [-0.2, 0) is 23.5 Å². The highest BCUT2D eigenvalue weighted by Crippen LogP contribution is 2.32. The Morgan fingerprint density at radius 3 is 2.64 bits per heavy atom. The Bertz CT molecular complexity index is 782. The first-order valence-electron chi connectivity index (χ1n) is 7.15. The number of likely N-dealkylation sites (N-methyl/N-ethyl adjacent to an activating group) is 1. The van der Waals surface area contributed by atoms with Crippen molar-refractivity contribution in [2.24, 2.45) is 7.05 Å². The van der Waals surface area contributed by atoms with E-state index in [1.807, 2.05) is 38.4 Å². The van der Waals surface area contributed by atoms with Crippen molar-refractivity contribution < 1.29 is 8.42 Å². The number of benzene rings is 1. The third kappa shape index (κ3) is 2.50. The van der Waals surface area contributed by atoms with E-state index in [9.17, 15) is 8.42 Å². The molecule has 22 heavy (non-hydrogen) atoms. The van der Waals surface area contributed by atoms with Crippen molar-refractivity contribution in [2.45, 2.75) is 17.4 Å². The zero-order valence-electron chi connectivity index (χ0n) is 13.0. The van der Waals surface area contributed by atoms with Gasteiger partial charge in [-0.1, -0.05) is 18.2 Å². The summed E-state index contributed by atoms with van der Waals surface area (Å²) < 4.78 is 29.0. The van der Waals surface area contributed by atoms with Crippen molar-refractivity contribution in [3.63, 3.8) is 0 Å². The van der Waals surface area contributed by atoms with Crippen molar-refractivity contribution in [3.8, 4) is 0 Å². The van der Waals surface area contributed by atoms with Gasteiger partial charge in [0, 0.05) is 19.3 Å². The lowest BCUT2D eigenvalue weighted by Crippen LogP contribution is -2.47. The SMILES string of the molecule is CN(C)C1Cc2ccccc2N(S(=O)(=O)c2cnn(C)c2)C1. The largest absolute Gasteiger partial charge is 0.304 e. The minimum atomic E-state index is -3.60. The quantitative estimate of drug-likeness (QED) is 0.850. The summed E-state index contributed by atoms with van der Waals surface area (Å²) in [7, 11) is 2.08. The van der Waals surface area contributed by atoms with Crippen LogP contribution < -0.4 is 4.31 Å². The van der Waals surface area contributed by atoms with Crippen LogP contribution in [0.25, 0.3) is 0 Å². The lowest BCUT2D eigenvalue weighted by molar-refractivity contribution is 0.293. The average Bonchev–Trinajstić information content (AvgIpc) is 2.93. The summed E-state index contributed by atoms with van der Waals surface area (Å²) in [6, 6.07) is 7.85. The Balaban J connectivity index is 2.09. The van der Waals surface area contributed by atoms with Crippen LogP contribution in [0.1, 0.15) is 5.56 Å². The number of nitrogens with zero attached hydrogens (tertiary/aromatic N) is 4. The molecule has 0 saturated carbocycles. The molecule has 3 rings (SSSR count). The highest BCUT2D eigenvalue weighted by atomic mass is 32.2. The van der Waals surface area contributed by atoms with Crippen LogP contribution in [0.4, 0.5) is 5.69 Å². The third-order valence-corrected chi connectivity index (χ3v) is 5.82. The molecule has 0 spiro atoms. The number of sulfonamides is 1. The summed E-state index contributed by atoms with van der Waals surface area (Å²) in [6.45, 7) is 0.446. The molecule has 118 valence electrons. The van der Waals surface area contributed by atoms with E-state index in [1.165, 1.54) is 21.4 Å². The Kier molecular flexibility index (Phi) is 3.70. The van der Waals surface area contributed by atoms with Crippen LogP contribution in [0.15, 0.2) is 41.6 Å². The molecule has 0 amide bonds. The van der Waals surface area contributed by atoms with Gasteiger partial charge in [0.25, 0.3) is 10.0 Å². The van der Waals surface area contributed by atoms with Crippen LogP contribution in [0, 0.1) is 0 Å². The fourth-order valence-electron chi connectivity index (χ4n) is 2.77. The molecule has 1 aromatic heterocycles. The second kappa shape index (κ2) is 5.40. The van der Waals surface area contributed by atoms with Crippen LogP contribution in [0.5, 0.6) is 0 Å². The van der Waals surface area contributed by atoms with E-state index < -0.39 is 10.0 Å². The summed E-state index contributed by atoms with van der Waals surface area (Å²) in [6.07, 6.45) is 3.79. The maximum atomic E-state index is 13.0. The highest BCUT2D eigenvalue weighted by Gasteiger charge is 2.34. The van der Waals surface area contributed by atoms with E-state index in [2.05, 4.69) is 10.00 Å². The minimum Gasteiger partial charge on any atom is -0.304 e. The Labute approximate surface area is 131 Å². The minimum absolute atomic E-state index is 0.154. The Hall–Kier alpha value is -1.86. The summed E-state index contributed by atoms with van der Waals surface area (Å²) >= 11 is 0. The monoisotopic (exact) mass is 320 g/mol. The van der Waals surface area contributed by atoms with E-state index in [0.717, 1.165) is 17.7 Å². The van der Waals surface area contributed by atoms with Crippen molar-refractivity contribution in [1.29, 1.82) is 0 Å². The number of fused-ring (bicyclic) bond motifs is 1. The fourth-order valence-corrected chi connectivity index (χ4v) is 4.29. The summed E-state index contributed by atoms with van der Waals surface area (Å²) in [5.74, 6) is 0. The van der Waals surface area contributed by atoms with Crippen molar-refractivity contribution >= 4 is 15.7 Å². The molecular formula is C15H20N4O2S. The van der Waals surface area contributed by atoms with Gasteiger partial charge in [0.15, 0.2) is 0 Å². The molecular weight excluding hydrogens is 300 g/mol. The number of anilines is 1. The van der Waals surface area contributed by atoms with Gasteiger partial charge in [-0.05, 0) is 32.1 Å². The van der Waals surface area contributed by atoms with Gasteiger partial charge in [-0.3, -0.25) is 8.99 Å². The zero-order chi connectivity index (χ0) is 15.9. The maximum absolute atomic E-state index is 13.0. The second-order valence-corrected chi connectivity index (χ2v) is 7.70. The summed E-state index contributed by atoms with van der Waals surface area (Å²) in [5.41, 5.74) is 1.82. The van der Waals surface area contributed by atoms with E-state index >= 15 is 0 Å². The normalized spacial score (nSPS) is 18.5. The molecule has 1 atom stereocenters. The number of aromatic nitrogens is 2. The summed E-state index contributed by atoms with van der Waals surface area (Å²) in [4.78, 5) is 2.30. The maximum Gasteiger partial charge on any atom is 0.267 e. The van der Waals surface area contributed by atoms with Gasteiger partial charge in [-0.15, -0.1) is 0 Å². The summed E-state index contributed by atoms with van der Waals surface area (Å²) in [5, 5.41) is 3.99. The van der Waals surface area contributed by atoms with Crippen molar-refractivity contribution in [1.82, 2.24) is 14.7 Å². The highest BCUT2D eigenvalue weighted by molar-refractivity contribution is 7.92.